The largest absolute Gasteiger partial charge is 0.618 e. The fraction of sp³-hybridized carbons (Fsp3) is 0.200. The van der Waals surface area contributed by atoms with Crippen molar-refractivity contribution in [1.29, 1.82) is 0 Å². The Morgan fingerprint density at radius 2 is 2.07 bits per heavy atom. The van der Waals surface area contributed by atoms with E-state index in [1.807, 2.05) is 26.0 Å². The third-order valence-corrected chi connectivity index (χ3v) is 2.15. The van der Waals surface area contributed by atoms with Crippen LogP contribution in [0, 0.1) is 19.1 Å². The van der Waals surface area contributed by atoms with E-state index >= 15 is 0 Å². The van der Waals surface area contributed by atoms with Crippen LogP contribution in [0.1, 0.15) is 11.1 Å². The second-order valence-corrected chi connectivity index (χ2v) is 3.44. The zero-order valence-corrected chi connectivity index (χ0v) is 8.11. The van der Waals surface area contributed by atoms with Crippen LogP contribution in [0.25, 0.3) is 11.0 Å². The maximum absolute atomic E-state index is 11.5. The van der Waals surface area contributed by atoms with Crippen LogP contribution in [0.3, 0.4) is 0 Å². The van der Waals surface area contributed by atoms with Crippen LogP contribution < -0.4 is 10.5 Å². The number of rotatable bonds is 0. The lowest BCUT2D eigenvalue weighted by molar-refractivity contribution is -0.576. The highest BCUT2D eigenvalue weighted by molar-refractivity contribution is 5.76. The van der Waals surface area contributed by atoms with Crippen molar-refractivity contribution in [3.63, 3.8) is 0 Å². The second-order valence-electron chi connectivity index (χ2n) is 3.44. The smallest absolute Gasteiger partial charge is 0.243 e. The summed E-state index contributed by atoms with van der Waals surface area (Å²) in [7, 11) is 0. The predicted molar refractivity (Wildman–Crippen MR) is 54.6 cm³/mol. The molecule has 4 nitrogen and oxygen atoms in total. The molecule has 4 heteroatoms. The Morgan fingerprint density at radius 3 is 2.79 bits per heavy atom. The molecule has 0 aliphatic heterocycles. The number of aromatic nitrogens is 2. The Kier molecular flexibility index (Phi) is 1.77. The molecule has 0 radical (unpaired) electrons. The molecular formula is C10H11N3O. The summed E-state index contributed by atoms with van der Waals surface area (Å²) in [6.45, 7) is 3.87. The van der Waals surface area contributed by atoms with Crippen molar-refractivity contribution < 1.29 is 4.73 Å². The molecule has 2 rings (SSSR count). The summed E-state index contributed by atoms with van der Waals surface area (Å²) in [5.41, 5.74) is 8.75. The van der Waals surface area contributed by atoms with E-state index in [0.717, 1.165) is 15.9 Å². The van der Waals surface area contributed by atoms with Gasteiger partial charge in [0.1, 0.15) is 5.52 Å². The minimum absolute atomic E-state index is 0.249. The number of fused-ring (bicyclic) bond motifs is 1. The van der Waals surface area contributed by atoms with Crippen molar-refractivity contribution in [2.45, 2.75) is 13.8 Å². The SMILES string of the molecule is Cc1cc(C)c2nc(N)c[n+]([O-])c2c1. The van der Waals surface area contributed by atoms with Crippen molar-refractivity contribution in [1.82, 2.24) is 4.98 Å². The third-order valence-electron chi connectivity index (χ3n) is 2.15. The van der Waals surface area contributed by atoms with Crippen molar-refractivity contribution in [3.8, 4) is 0 Å². The molecular weight excluding hydrogens is 178 g/mol. The van der Waals surface area contributed by atoms with Crippen LogP contribution >= 0.6 is 0 Å². The molecule has 72 valence electrons. The highest BCUT2D eigenvalue weighted by Gasteiger charge is 2.09. The first-order valence-corrected chi connectivity index (χ1v) is 4.34. The molecule has 14 heavy (non-hydrogen) atoms. The van der Waals surface area contributed by atoms with E-state index in [9.17, 15) is 5.21 Å². The van der Waals surface area contributed by atoms with Gasteiger partial charge in [-0.2, -0.15) is 4.73 Å². The van der Waals surface area contributed by atoms with E-state index in [1.165, 1.54) is 6.20 Å². The summed E-state index contributed by atoms with van der Waals surface area (Å²) in [6.07, 6.45) is 1.28. The van der Waals surface area contributed by atoms with Crippen molar-refractivity contribution >= 4 is 16.9 Å². The lowest BCUT2D eigenvalue weighted by Gasteiger charge is -2.05. The number of benzene rings is 1. The molecule has 0 fully saturated rings. The minimum Gasteiger partial charge on any atom is -0.618 e. The van der Waals surface area contributed by atoms with Gasteiger partial charge in [-0.25, -0.2) is 4.98 Å². The van der Waals surface area contributed by atoms with E-state index in [1.54, 1.807) is 0 Å². The average Bonchev–Trinajstić information content (AvgIpc) is 2.07. The van der Waals surface area contributed by atoms with Crippen LogP contribution in [0.4, 0.5) is 5.82 Å². The number of hydrogen-bond acceptors (Lipinski definition) is 3. The Morgan fingerprint density at radius 1 is 1.36 bits per heavy atom. The van der Waals surface area contributed by atoms with Gasteiger partial charge in [0.2, 0.25) is 11.7 Å². The fourth-order valence-corrected chi connectivity index (χ4v) is 1.60. The molecule has 0 saturated heterocycles. The second kappa shape index (κ2) is 2.83. The lowest BCUT2D eigenvalue weighted by Crippen LogP contribution is -2.28. The van der Waals surface area contributed by atoms with Crippen LogP contribution in [-0.2, 0) is 0 Å². The quantitative estimate of drug-likeness (QED) is 0.498. The molecule has 0 amide bonds. The molecule has 0 aliphatic carbocycles. The zero-order chi connectivity index (χ0) is 10.3. The number of hydrogen-bond donors (Lipinski definition) is 1. The van der Waals surface area contributed by atoms with E-state index in [-0.39, 0.29) is 5.82 Å². The number of aryl methyl sites for hydroxylation is 2. The summed E-state index contributed by atoms with van der Waals surface area (Å²) in [6, 6.07) is 3.79. The number of nitrogens with zero attached hydrogens (tertiary/aromatic N) is 2. The van der Waals surface area contributed by atoms with Gasteiger partial charge in [-0.3, -0.25) is 0 Å². The van der Waals surface area contributed by atoms with Gasteiger partial charge in [-0.05, 0) is 25.0 Å². The summed E-state index contributed by atoms with van der Waals surface area (Å²) in [5.74, 6) is 0.249. The van der Waals surface area contributed by atoms with Gasteiger partial charge in [-0.1, -0.05) is 6.07 Å². The monoisotopic (exact) mass is 189 g/mol. The highest BCUT2D eigenvalue weighted by atomic mass is 16.5. The van der Waals surface area contributed by atoms with Gasteiger partial charge in [0.25, 0.3) is 0 Å². The molecule has 0 atom stereocenters. The van der Waals surface area contributed by atoms with E-state index in [2.05, 4.69) is 4.98 Å². The lowest BCUT2D eigenvalue weighted by atomic mass is 10.1. The summed E-state index contributed by atoms with van der Waals surface area (Å²) < 4.78 is 0.762. The fourth-order valence-electron chi connectivity index (χ4n) is 1.60. The maximum Gasteiger partial charge on any atom is 0.243 e. The molecule has 0 spiro atoms. The predicted octanol–water partition coefficient (Wildman–Crippen LogP) is 1.07. The van der Waals surface area contributed by atoms with Gasteiger partial charge in [0.15, 0.2) is 5.82 Å². The average molecular weight is 189 g/mol. The highest BCUT2D eigenvalue weighted by Crippen LogP contribution is 2.16. The molecule has 0 aliphatic rings. The van der Waals surface area contributed by atoms with Crippen LogP contribution in [0.2, 0.25) is 0 Å². The maximum atomic E-state index is 11.5. The standard InChI is InChI=1S/C10H11N3O/c1-6-3-7(2)10-8(4-6)13(14)5-9(11)12-10/h3-5H,1-2H3,(H2,11,12). The molecule has 2 N–H and O–H groups in total. The summed E-state index contributed by atoms with van der Waals surface area (Å²) >= 11 is 0. The third kappa shape index (κ3) is 1.25. The van der Waals surface area contributed by atoms with E-state index in [0.29, 0.717) is 11.0 Å². The van der Waals surface area contributed by atoms with Gasteiger partial charge < -0.3 is 10.9 Å². The number of nitrogens with two attached hydrogens (primary N) is 1. The number of anilines is 1. The molecule has 0 bridgehead atoms. The molecule has 0 saturated carbocycles. The van der Waals surface area contributed by atoms with Gasteiger partial charge in [0, 0.05) is 6.07 Å². The van der Waals surface area contributed by atoms with Crippen molar-refractivity contribution in [3.05, 3.63) is 34.7 Å². The van der Waals surface area contributed by atoms with E-state index in [4.69, 9.17) is 5.73 Å². The van der Waals surface area contributed by atoms with Crippen LogP contribution in [0.15, 0.2) is 18.3 Å². The Labute approximate surface area is 81.6 Å². The first kappa shape index (κ1) is 8.74. The zero-order valence-electron chi connectivity index (χ0n) is 8.11. The van der Waals surface area contributed by atoms with Crippen molar-refractivity contribution in [2.24, 2.45) is 0 Å². The Bertz CT molecular complexity index is 461. The minimum atomic E-state index is 0.249. The van der Waals surface area contributed by atoms with E-state index < -0.39 is 0 Å². The summed E-state index contributed by atoms with van der Waals surface area (Å²) in [4.78, 5) is 4.13. The first-order chi connectivity index (χ1) is 6.58. The van der Waals surface area contributed by atoms with Gasteiger partial charge >= 0.3 is 0 Å². The Hall–Kier alpha value is -1.84. The van der Waals surface area contributed by atoms with Crippen molar-refractivity contribution in [2.75, 3.05) is 5.73 Å². The molecule has 1 aromatic heterocycles. The normalized spacial score (nSPS) is 10.7. The first-order valence-electron chi connectivity index (χ1n) is 4.34. The topological polar surface area (TPSA) is 65.8 Å². The molecule has 1 aromatic carbocycles. The number of nitrogen functional groups attached to an aromatic ring is 1. The van der Waals surface area contributed by atoms with Gasteiger partial charge in [-0.15, -0.1) is 0 Å². The van der Waals surface area contributed by atoms with Crippen LogP contribution in [0.5, 0.6) is 0 Å². The van der Waals surface area contributed by atoms with Gasteiger partial charge in [0.05, 0.1) is 0 Å². The van der Waals surface area contributed by atoms with Crippen LogP contribution in [-0.4, -0.2) is 4.98 Å². The Balaban J connectivity index is 2.94. The molecule has 0 unspecified atom stereocenters. The molecule has 2 aromatic rings. The molecule has 1 heterocycles. The summed E-state index contributed by atoms with van der Waals surface area (Å²) in [5, 5.41) is 11.5.